The number of ether oxygens (including phenoxy) is 1. The van der Waals surface area contributed by atoms with Crippen molar-refractivity contribution < 1.29 is 14.6 Å². The minimum absolute atomic E-state index is 0.0862. The minimum Gasteiger partial charge on any atom is -0.497 e. The molecule has 2 atom stereocenters. The van der Waals surface area contributed by atoms with E-state index in [4.69, 9.17) is 4.74 Å². The Kier molecular flexibility index (Phi) is 6.09. The molecule has 0 spiro atoms. The van der Waals surface area contributed by atoms with Crippen LogP contribution in [0.5, 0.6) is 5.75 Å². The van der Waals surface area contributed by atoms with Gasteiger partial charge in [-0.05, 0) is 56.7 Å². The number of aliphatic hydroxyl groups excluding tert-OH is 1. The molecule has 26 heavy (non-hydrogen) atoms. The molecule has 1 aliphatic carbocycles. The second-order valence-corrected chi connectivity index (χ2v) is 7.19. The second-order valence-electron chi connectivity index (χ2n) is 7.19. The number of aromatic nitrogens is 1. The van der Waals surface area contributed by atoms with Crippen molar-refractivity contribution in [2.45, 2.75) is 51.6 Å². The molecule has 140 valence electrons. The molecule has 0 bridgehead atoms. The third kappa shape index (κ3) is 4.33. The van der Waals surface area contributed by atoms with Gasteiger partial charge in [-0.15, -0.1) is 0 Å². The largest absolute Gasteiger partial charge is 0.497 e. The Labute approximate surface area is 154 Å². The molecule has 0 radical (unpaired) electrons. The Balaban J connectivity index is 1.58. The van der Waals surface area contributed by atoms with Crippen LogP contribution in [0.3, 0.4) is 0 Å². The molecule has 1 aromatic heterocycles. The lowest BCUT2D eigenvalue weighted by atomic mass is 9.83. The summed E-state index contributed by atoms with van der Waals surface area (Å²) >= 11 is 0. The van der Waals surface area contributed by atoms with E-state index in [0.29, 0.717) is 23.7 Å². The smallest absolute Gasteiger partial charge is 0.253 e. The zero-order chi connectivity index (χ0) is 18.5. The number of hydrogen-bond donors (Lipinski definition) is 2. The van der Waals surface area contributed by atoms with E-state index in [1.807, 2.05) is 31.2 Å². The van der Waals surface area contributed by atoms with Crippen LogP contribution >= 0.6 is 0 Å². The van der Waals surface area contributed by atoms with Gasteiger partial charge in [0, 0.05) is 18.0 Å². The summed E-state index contributed by atoms with van der Waals surface area (Å²) in [6.45, 7) is 2.48. The van der Waals surface area contributed by atoms with Crippen LogP contribution in [0.15, 0.2) is 24.3 Å². The van der Waals surface area contributed by atoms with Crippen LogP contribution in [0.1, 0.15) is 54.6 Å². The Morgan fingerprint density at radius 1 is 1.31 bits per heavy atom. The SMILES string of the molecule is COc1ccc2cc(C(=O)NCCC[C@@H]3CCCC[C@@H]3O)c(C)nc2c1. The first kappa shape index (κ1) is 18.6. The zero-order valence-electron chi connectivity index (χ0n) is 15.6. The van der Waals surface area contributed by atoms with E-state index in [9.17, 15) is 9.90 Å². The van der Waals surface area contributed by atoms with Crippen LogP contribution in [0.2, 0.25) is 0 Å². The molecule has 1 fully saturated rings. The van der Waals surface area contributed by atoms with Crippen LogP contribution in [0, 0.1) is 12.8 Å². The third-order valence-corrected chi connectivity index (χ3v) is 5.37. The van der Waals surface area contributed by atoms with Crippen molar-refractivity contribution in [1.82, 2.24) is 10.3 Å². The number of fused-ring (bicyclic) bond motifs is 1. The first-order chi connectivity index (χ1) is 12.6. The summed E-state index contributed by atoms with van der Waals surface area (Å²) in [5.74, 6) is 1.06. The predicted octanol–water partition coefficient (Wildman–Crippen LogP) is 3.61. The molecule has 1 aromatic carbocycles. The maximum Gasteiger partial charge on any atom is 0.253 e. The normalized spacial score (nSPS) is 20.1. The van der Waals surface area contributed by atoms with Crippen molar-refractivity contribution >= 4 is 16.8 Å². The molecule has 1 amide bonds. The van der Waals surface area contributed by atoms with Gasteiger partial charge in [-0.2, -0.15) is 0 Å². The first-order valence-electron chi connectivity index (χ1n) is 9.50. The number of pyridine rings is 1. The van der Waals surface area contributed by atoms with Gasteiger partial charge >= 0.3 is 0 Å². The highest BCUT2D eigenvalue weighted by Crippen LogP contribution is 2.27. The maximum absolute atomic E-state index is 12.5. The number of aryl methyl sites for hydroxylation is 1. The van der Waals surface area contributed by atoms with Gasteiger partial charge in [0.05, 0.1) is 30.0 Å². The fourth-order valence-electron chi connectivity index (χ4n) is 3.79. The van der Waals surface area contributed by atoms with Crippen molar-refractivity contribution in [2.75, 3.05) is 13.7 Å². The van der Waals surface area contributed by atoms with E-state index >= 15 is 0 Å². The Morgan fingerprint density at radius 3 is 2.88 bits per heavy atom. The van der Waals surface area contributed by atoms with Gasteiger partial charge in [-0.25, -0.2) is 0 Å². The molecule has 5 nitrogen and oxygen atoms in total. The third-order valence-electron chi connectivity index (χ3n) is 5.37. The van der Waals surface area contributed by atoms with Crippen LogP contribution in [0.4, 0.5) is 0 Å². The maximum atomic E-state index is 12.5. The van der Waals surface area contributed by atoms with E-state index in [1.54, 1.807) is 7.11 Å². The number of methoxy groups -OCH3 is 1. The lowest BCUT2D eigenvalue weighted by Gasteiger charge is -2.27. The van der Waals surface area contributed by atoms with Crippen molar-refractivity contribution in [3.8, 4) is 5.75 Å². The standard InChI is InChI=1S/C21H28N2O3/c1-14-18(12-16-9-10-17(26-2)13-19(16)23-14)21(25)22-11-5-7-15-6-3-4-8-20(15)24/h9-10,12-13,15,20,24H,3-8,11H2,1-2H3,(H,22,25)/t15-,20-/m0/s1. The predicted molar refractivity (Wildman–Crippen MR) is 103 cm³/mol. The topological polar surface area (TPSA) is 71.5 Å². The molecule has 2 N–H and O–H groups in total. The van der Waals surface area contributed by atoms with Crippen LogP contribution in [0.25, 0.3) is 10.9 Å². The Hall–Kier alpha value is -2.14. The number of aliphatic hydroxyl groups is 1. The molecular formula is C21H28N2O3. The molecule has 1 aliphatic rings. The fraction of sp³-hybridized carbons (Fsp3) is 0.524. The van der Waals surface area contributed by atoms with Gasteiger partial charge in [0.15, 0.2) is 0 Å². The molecule has 2 aromatic rings. The highest BCUT2D eigenvalue weighted by Gasteiger charge is 2.22. The summed E-state index contributed by atoms with van der Waals surface area (Å²) in [7, 11) is 1.63. The molecule has 0 aliphatic heterocycles. The summed E-state index contributed by atoms with van der Waals surface area (Å²) in [5.41, 5.74) is 2.15. The number of nitrogens with zero attached hydrogens (tertiary/aromatic N) is 1. The van der Waals surface area contributed by atoms with Crippen molar-refractivity contribution in [2.24, 2.45) is 5.92 Å². The van der Waals surface area contributed by atoms with E-state index in [1.165, 1.54) is 6.42 Å². The minimum atomic E-state index is -0.164. The first-order valence-corrected chi connectivity index (χ1v) is 9.50. The van der Waals surface area contributed by atoms with Crippen molar-refractivity contribution in [3.63, 3.8) is 0 Å². The van der Waals surface area contributed by atoms with Gasteiger partial charge in [0.25, 0.3) is 5.91 Å². The lowest BCUT2D eigenvalue weighted by Crippen LogP contribution is -2.28. The number of hydrogen-bond acceptors (Lipinski definition) is 4. The number of rotatable bonds is 6. The summed E-state index contributed by atoms with van der Waals surface area (Å²) in [4.78, 5) is 17.1. The average Bonchev–Trinajstić information content (AvgIpc) is 2.65. The summed E-state index contributed by atoms with van der Waals surface area (Å²) in [5, 5.41) is 13.9. The van der Waals surface area contributed by atoms with Gasteiger partial charge in [-0.3, -0.25) is 9.78 Å². The summed E-state index contributed by atoms with van der Waals surface area (Å²) < 4.78 is 5.23. The quantitative estimate of drug-likeness (QED) is 0.776. The number of carbonyl (C=O) groups is 1. The zero-order valence-corrected chi connectivity index (χ0v) is 15.6. The van der Waals surface area contributed by atoms with Crippen molar-refractivity contribution in [3.05, 3.63) is 35.5 Å². The fourth-order valence-corrected chi connectivity index (χ4v) is 3.79. The van der Waals surface area contributed by atoms with E-state index < -0.39 is 0 Å². The summed E-state index contributed by atoms with van der Waals surface area (Å²) in [6.07, 6.45) is 6.06. The average molecular weight is 356 g/mol. The monoisotopic (exact) mass is 356 g/mol. The van der Waals surface area contributed by atoms with Gasteiger partial charge in [0.2, 0.25) is 0 Å². The van der Waals surface area contributed by atoms with E-state index in [-0.39, 0.29) is 12.0 Å². The molecule has 0 saturated heterocycles. The highest BCUT2D eigenvalue weighted by atomic mass is 16.5. The van der Waals surface area contributed by atoms with Crippen LogP contribution in [-0.2, 0) is 0 Å². The molecule has 0 unspecified atom stereocenters. The lowest BCUT2D eigenvalue weighted by molar-refractivity contribution is 0.0641. The molecular weight excluding hydrogens is 328 g/mol. The van der Waals surface area contributed by atoms with E-state index in [0.717, 1.165) is 48.8 Å². The number of benzene rings is 1. The Morgan fingerprint density at radius 2 is 2.12 bits per heavy atom. The number of nitrogens with one attached hydrogen (secondary N) is 1. The Bertz CT molecular complexity index is 775. The van der Waals surface area contributed by atoms with Crippen LogP contribution in [-0.4, -0.2) is 35.8 Å². The second kappa shape index (κ2) is 8.49. The van der Waals surface area contributed by atoms with Crippen LogP contribution < -0.4 is 10.1 Å². The van der Waals surface area contributed by atoms with Gasteiger partial charge < -0.3 is 15.2 Å². The number of amides is 1. The van der Waals surface area contributed by atoms with Gasteiger partial charge in [-0.1, -0.05) is 12.8 Å². The highest BCUT2D eigenvalue weighted by molar-refractivity contribution is 5.98. The molecule has 3 rings (SSSR count). The van der Waals surface area contributed by atoms with E-state index in [2.05, 4.69) is 10.3 Å². The summed E-state index contributed by atoms with van der Waals surface area (Å²) in [6, 6.07) is 7.55. The molecule has 1 heterocycles. The molecule has 5 heteroatoms. The van der Waals surface area contributed by atoms with Crippen molar-refractivity contribution in [1.29, 1.82) is 0 Å². The number of carbonyl (C=O) groups excluding carboxylic acids is 1. The van der Waals surface area contributed by atoms with Gasteiger partial charge in [0.1, 0.15) is 5.75 Å². The molecule has 1 saturated carbocycles.